The number of nitrogens with zero attached hydrogens (tertiary/aromatic N) is 3. The van der Waals surface area contributed by atoms with E-state index in [1.807, 2.05) is 35.2 Å². The maximum absolute atomic E-state index is 13.1. The average molecular weight is 428 g/mol. The number of alkyl halides is 2. The number of likely N-dealkylation sites (N-methyl/N-ethyl adjacent to an activating group) is 1. The summed E-state index contributed by atoms with van der Waals surface area (Å²) in [6, 6.07) is 10.4. The summed E-state index contributed by atoms with van der Waals surface area (Å²) in [6.07, 6.45) is 5.37. The molecule has 158 valence electrons. The van der Waals surface area contributed by atoms with Gasteiger partial charge in [-0.05, 0) is 78.5 Å². The van der Waals surface area contributed by atoms with Crippen molar-refractivity contribution in [2.24, 2.45) is 0 Å². The molecule has 1 aromatic carbocycles. The fraction of sp³-hybridized carbons (Fsp3) is 0.682. The van der Waals surface area contributed by atoms with Gasteiger partial charge in [-0.2, -0.15) is 0 Å². The minimum Gasteiger partial charge on any atom is -0.309 e. The van der Waals surface area contributed by atoms with E-state index in [9.17, 15) is 4.79 Å². The van der Waals surface area contributed by atoms with Crippen molar-refractivity contribution >= 4 is 34.8 Å². The molecule has 2 rings (SSSR count). The molecule has 4 nitrogen and oxygen atoms in total. The zero-order valence-electron chi connectivity index (χ0n) is 17.5. The highest BCUT2D eigenvalue weighted by molar-refractivity contribution is 6.20. The van der Waals surface area contributed by atoms with Crippen molar-refractivity contribution in [3.63, 3.8) is 0 Å². The van der Waals surface area contributed by atoms with Crippen LogP contribution in [0.4, 0.5) is 5.69 Å². The first-order valence-corrected chi connectivity index (χ1v) is 11.3. The van der Waals surface area contributed by atoms with E-state index in [1.54, 1.807) is 0 Å². The fourth-order valence-electron chi connectivity index (χ4n) is 4.17. The van der Waals surface area contributed by atoms with Gasteiger partial charge in [0.1, 0.15) is 0 Å². The van der Waals surface area contributed by atoms with Gasteiger partial charge in [0.25, 0.3) is 0 Å². The summed E-state index contributed by atoms with van der Waals surface area (Å²) in [6.45, 7) is 2.05. The lowest BCUT2D eigenvalue weighted by molar-refractivity contribution is -0.119. The van der Waals surface area contributed by atoms with Crippen LogP contribution in [0.25, 0.3) is 0 Å². The van der Waals surface area contributed by atoms with Crippen molar-refractivity contribution < 1.29 is 4.79 Å². The summed E-state index contributed by atoms with van der Waals surface area (Å²) in [5.74, 6) is 0.446. The van der Waals surface area contributed by atoms with Crippen LogP contribution in [0, 0.1) is 0 Å². The van der Waals surface area contributed by atoms with Gasteiger partial charge < -0.3 is 14.7 Å². The van der Waals surface area contributed by atoms with Crippen LogP contribution >= 0.6 is 23.2 Å². The van der Waals surface area contributed by atoms with Crippen molar-refractivity contribution in [3.8, 4) is 0 Å². The third-order valence-electron chi connectivity index (χ3n) is 5.58. The van der Waals surface area contributed by atoms with E-state index in [1.165, 1.54) is 0 Å². The van der Waals surface area contributed by atoms with Crippen LogP contribution in [0.1, 0.15) is 38.5 Å². The molecule has 0 radical (unpaired) electrons. The second-order valence-electron chi connectivity index (χ2n) is 8.07. The Labute approximate surface area is 180 Å². The number of para-hydroxylation sites is 1. The van der Waals surface area contributed by atoms with E-state index in [4.69, 9.17) is 23.2 Å². The number of benzene rings is 1. The van der Waals surface area contributed by atoms with E-state index in [0.29, 0.717) is 12.3 Å². The molecule has 3 unspecified atom stereocenters. The highest BCUT2D eigenvalue weighted by Crippen LogP contribution is 2.32. The zero-order valence-corrected chi connectivity index (χ0v) is 19.0. The Morgan fingerprint density at radius 1 is 1.07 bits per heavy atom. The van der Waals surface area contributed by atoms with Gasteiger partial charge in [-0.15, -0.1) is 23.2 Å². The van der Waals surface area contributed by atoms with Gasteiger partial charge in [0, 0.05) is 29.4 Å². The molecule has 0 aromatic heterocycles. The van der Waals surface area contributed by atoms with E-state index < -0.39 is 0 Å². The quantitative estimate of drug-likeness (QED) is 0.430. The third kappa shape index (κ3) is 6.91. The molecule has 1 aliphatic rings. The number of hydrogen-bond donors (Lipinski definition) is 0. The normalized spacial score (nSPS) is 23.0. The zero-order chi connectivity index (χ0) is 20.5. The molecule has 6 heteroatoms. The predicted octanol–water partition coefficient (Wildman–Crippen LogP) is 4.45. The van der Waals surface area contributed by atoms with Crippen LogP contribution in [0.5, 0.6) is 0 Å². The maximum Gasteiger partial charge on any atom is 0.228 e. The molecule has 1 amide bonds. The number of rotatable bonds is 9. The van der Waals surface area contributed by atoms with Gasteiger partial charge in [-0.25, -0.2) is 0 Å². The van der Waals surface area contributed by atoms with Gasteiger partial charge in [0.2, 0.25) is 5.91 Å². The number of halogens is 2. The van der Waals surface area contributed by atoms with Gasteiger partial charge in [-0.1, -0.05) is 18.2 Å². The molecule has 0 saturated heterocycles. The van der Waals surface area contributed by atoms with Crippen molar-refractivity contribution in [1.82, 2.24) is 9.80 Å². The van der Waals surface area contributed by atoms with Gasteiger partial charge in [-0.3, -0.25) is 4.79 Å². The highest BCUT2D eigenvalue weighted by Gasteiger charge is 2.36. The molecule has 28 heavy (non-hydrogen) atoms. The predicted molar refractivity (Wildman–Crippen MR) is 121 cm³/mol. The molecular formula is C22H35Cl2N3O. The Morgan fingerprint density at radius 2 is 1.79 bits per heavy atom. The van der Waals surface area contributed by atoms with Crippen molar-refractivity contribution in [3.05, 3.63) is 30.3 Å². The summed E-state index contributed by atoms with van der Waals surface area (Å²) >= 11 is 12.6. The lowest BCUT2D eigenvalue weighted by atomic mass is 9.98. The molecule has 0 spiro atoms. The van der Waals surface area contributed by atoms with Crippen LogP contribution < -0.4 is 4.90 Å². The summed E-state index contributed by atoms with van der Waals surface area (Å²) in [4.78, 5) is 19.7. The number of carbonyl (C=O) groups is 1. The van der Waals surface area contributed by atoms with Crippen LogP contribution in [-0.4, -0.2) is 73.3 Å². The largest absolute Gasteiger partial charge is 0.309 e. The van der Waals surface area contributed by atoms with Crippen molar-refractivity contribution in [1.29, 1.82) is 0 Å². The summed E-state index contributed by atoms with van der Waals surface area (Å²) in [7, 11) is 6.38. The second-order valence-corrected chi connectivity index (χ2v) is 9.07. The monoisotopic (exact) mass is 427 g/mol. The molecule has 1 aromatic rings. The maximum atomic E-state index is 13.1. The molecule has 3 atom stereocenters. The molecule has 0 N–H and O–H groups in total. The first kappa shape index (κ1) is 23.5. The van der Waals surface area contributed by atoms with Gasteiger partial charge in [0.05, 0.1) is 6.04 Å². The first-order chi connectivity index (χ1) is 13.4. The van der Waals surface area contributed by atoms with Gasteiger partial charge in [0.15, 0.2) is 0 Å². The number of hydrogen-bond acceptors (Lipinski definition) is 3. The molecule has 0 heterocycles. The highest BCUT2D eigenvalue weighted by atomic mass is 35.5. The van der Waals surface area contributed by atoms with E-state index in [-0.39, 0.29) is 23.4 Å². The molecule has 0 aliphatic heterocycles. The molecule has 1 fully saturated rings. The smallest absolute Gasteiger partial charge is 0.228 e. The summed E-state index contributed by atoms with van der Waals surface area (Å²) in [5, 5.41) is 0.159. The Balaban J connectivity index is 2.28. The van der Waals surface area contributed by atoms with Crippen molar-refractivity contribution in [2.75, 3.05) is 45.0 Å². The molecule has 0 bridgehead atoms. The first-order valence-electron chi connectivity index (χ1n) is 10.4. The fourth-order valence-corrected chi connectivity index (χ4v) is 4.66. The number of anilines is 1. The average Bonchev–Trinajstić information content (AvgIpc) is 2.84. The van der Waals surface area contributed by atoms with Gasteiger partial charge >= 0.3 is 0 Å². The van der Waals surface area contributed by atoms with Crippen LogP contribution in [0.2, 0.25) is 0 Å². The lowest BCUT2D eigenvalue weighted by Gasteiger charge is -2.41. The second kappa shape index (κ2) is 12.0. The molecule has 1 saturated carbocycles. The number of carbonyl (C=O) groups excluding carboxylic acids is 1. The standard InChI is InChI=1S/C22H35Cl2N3O/c1-25(2)15-8-16-26(3)21-17-18(24)9-7-12-20(21)27(22(28)13-14-23)19-10-5-4-6-11-19/h4-6,10-11,18,20-21H,7-9,12-17H2,1-3H3. The van der Waals surface area contributed by atoms with E-state index in [0.717, 1.165) is 50.9 Å². The lowest BCUT2D eigenvalue weighted by Crippen LogP contribution is -2.53. The molecular weight excluding hydrogens is 393 g/mol. The third-order valence-corrected chi connectivity index (χ3v) is 6.17. The minimum atomic E-state index is 0.103. The summed E-state index contributed by atoms with van der Waals surface area (Å²) < 4.78 is 0. The van der Waals surface area contributed by atoms with E-state index in [2.05, 4.69) is 30.9 Å². The Morgan fingerprint density at radius 3 is 2.43 bits per heavy atom. The van der Waals surface area contributed by atoms with Crippen LogP contribution in [-0.2, 0) is 4.79 Å². The Bertz CT molecular complexity index is 584. The van der Waals surface area contributed by atoms with Crippen LogP contribution in [0.15, 0.2) is 30.3 Å². The molecule has 1 aliphatic carbocycles. The SMILES string of the molecule is CN(C)CCCN(C)C1CC(Cl)CCCC1N(C(=O)CCCl)c1ccccc1. The Hall–Kier alpha value is -0.810. The minimum absolute atomic E-state index is 0.103. The van der Waals surface area contributed by atoms with Crippen LogP contribution in [0.3, 0.4) is 0 Å². The topological polar surface area (TPSA) is 26.8 Å². The number of amides is 1. The Kier molecular flexibility index (Phi) is 10.1. The van der Waals surface area contributed by atoms with E-state index >= 15 is 0 Å². The van der Waals surface area contributed by atoms with Crippen molar-refractivity contribution in [2.45, 2.75) is 56.0 Å². The summed E-state index contributed by atoms with van der Waals surface area (Å²) in [5.41, 5.74) is 0.960.